The number of hydrogen-bond acceptors (Lipinski definition) is 3. The lowest BCUT2D eigenvalue weighted by Crippen LogP contribution is -2.16. The minimum atomic E-state index is -2.87. The molecule has 0 fully saturated rings. The molecule has 1 aromatic carbocycles. The maximum absolute atomic E-state index is 12.7. The fourth-order valence-corrected chi connectivity index (χ4v) is 2.21. The molecular formula is C17H27F2NO2. The topological polar surface area (TPSA) is 44.5 Å². The normalized spacial score (nSPS) is 11.8. The molecule has 0 aliphatic heterocycles. The highest BCUT2D eigenvalue weighted by Gasteiger charge is 2.24. The molecule has 0 heterocycles. The Morgan fingerprint density at radius 1 is 1.09 bits per heavy atom. The summed E-state index contributed by atoms with van der Waals surface area (Å²) in [5.41, 5.74) is 5.85. The monoisotopic (exact) mass is 315 g/mol. The summed E-state index contributed by atoms with van der Waals surface area (Å²) in [6, 6.07) is 5.28. The molecular weight excluding hydrogens is 288 g/mol. The third kappa shape index (κ3) is 6.18. The van der Waals surface area contributed by atoms with Gasteiger partial charge in [0.25, 0.3) is 0 Å². The van der Waals surface area contributed by atoms with Gasteiger partial charge in [0.05, 0.1) is 6.61 Å². The van der Waals surface area contributed by atoms with Crippen molar-refractivity contribution in [3.8, 4) is 11.5 Å². The predicted molar refractivity (Wildman–Crippen MR) is 84.8 cm³/mol. The number of nitrogens with two attached hydrogens (primary N) is 1. The molecule has 3 nitrogen and oxygen atoms in total. The van der Waals surface area contributed by atoms with Gasteiger partial charge in [-0.3, -0.25) is 0 Å². The Balaban J connectivity index is 2.76. The largest absolute Gasteiger partial charge is 0.490 e. The molecule has 0 unspecified atom stereocenters. The van der Waals surface area contributed by atoms with Crippen molar-refractivity contribution in [3.63, 3.8) is 0 Å². The Kier molecular flexibility index (Phi) is 7.59. The number of ether oxygens (including phenoxy) is 2. The van der Waals surface area contributed by atoms with Gasteiger partial charge in [-0.05, 0) is 30.9 Å². The molecule has 1 aromatic rings. The average molecular weight is 315 g/mol. The van der Waals surface area contributed by atoms with Gasteiger partial charge in [0.1, 0.15) is 0 Å². The molecule has 0 aromatic heterocycles. The van der Waals surface area contributed by atoms with E-state index in [1.807, 2.05) is 26.8 Å². The van der Waals surface area contributed by atoms with Crippen LogP contribution >= 0.6 is 0 Å². The second-order valence-electron chi connectivity index (χ2n) is 6.31. The van der Waals surface area contributed by atoms with Crippen molar-refractivity contribution in [1.82, 2.24) is 0 Å². The SMILES string of the molecule is CC(C)(C)c1cccc(OCCCCCCN)c1OC(F)F. The van der Waals surface area contributed by atoms with Crippen molar-refractivity contribution in [3.05, 3.63) is 23.8 Å². The number of unbranched alkanes of at least 4 members (excludes halogenated alkanes) is 3. The zero-order valence-electron chi connectivity index (χ0n) is 13.7. The van der Waals surface area contributed by atoms with Gasteiger partial charge >= 0.3 is 6.61 Å². The van der Waals surface area contributed by atoms with E-state index in [0.717, 1.165) is 25.7 Å². The van der Waals surface area contributed by atoms with Crippen LogP contribution in [-0.4, -0.2) is 19.8 Å². The van der Waals surface area contributed by atoms with Crippen molar-refractivity contribution in [2.24, 2.45) is 5.73 Å². The summed E-state index contributed by atoms with van der Waals surface area (Å²) in [5, 5.41) is 0. The van der Waals surface area contributed by atoms with Gasteiger partial charge < -0.3 is 15.2 Å². The Hall–Kier alpha value is -1.36. The number of hydrogen-bond donors (Lipinski definition) is 1. The lowest BCUT2D eigenvalue weighted by atomic mass is 9.86. The fourth-order valence-electron chi connectivity index (χ4n) is 2.21. The summed E-state index contributed by atoms with van der Waals surface area (Å²) in [6.07, 6.45) is 3.94. The quantitative estimate of drug-likeness (QED) is 0.683. The van der Waals surface area contributed by atoms with E-state index in [9.17, 15) is 8.78 Å². The molecule has 0 radical (unpaired) electrons. The molecule has 126 valence electrons. The summed E-state index contributed by atoms with van der Waals surface area (Å²) in [5.74, 6) is 0.526. The van der Waals surface area contributed by atoms with Crippen LogP contribution in [0.25, 0.3) is 0 Å². The summed E-state index contributed by atoms with van der Waals surface area (Å²) in [6.45, 7) is 4.18. The lowest BCUT2D eigenvalue weighted by molar-refractivity contribution is -0.0525. The number of para-hydroxylation sites is 1. The predicted octanol–water partition coefficient (Wildman–Crippen LogP) is 4.48. The minimum Gasteiger partial charge on any atom is -0.490 e. The first-order chi connectivity index (χ1) is 10.4. The average Bonchev–Trinajstić information content (AvgIpc) is 2.42. The van der Waals surface area contributed by atoms with Crippen molar-refractivity contribution in [2.45, 2.75) is 58.5 Å². The first-order valence-corrected chi connectivity index (χ1v) is 7.77. The summed E-state index contributed by atoms with van der Waals surface area (Å²) < 4.78 is 35.8. The van der Waals surface area contributed by atoms with Gasteiger partial charge in [0.15, 0.2) is 11.5 Å². The van der Waals surface area contributed by atoms with E-state index in [-0.39, 0.29) is 11.2 Å². The molecule has 0 amide bonds. The molecule has 0 aliphatic rings. The molecule has 5 heteroatoms. The standard InChI is InChI=1S/C17H27F2NO2/c1-17(2,3)13-9-8-10-14(15(13)22-16(18)19)21-12-7-5-4-6-11-20/h8-10,16H,4-7,11-12,20H2,1-3H3. The third-order valence-corrected chi connectivity index (χ3v) is 3.35. The number of benzene rings is 1. The van der Waals surface area contributed by atoms with Crippen LogP contribution in [0.2, 0.25) is 0 Å². The smallest absolute Gasteiger partial charge is 0.387 e. The highest BCUT2D eigenvalue weighted by molar-refractivity contribution is 5.49. The zero-order chi connectivity index (χ0) is 16.6. The van der Waals surface area contributed by atoms with Crippen LogP contribution in [0.15, 0.2) is 18.2 Å². The Morgan fingerprint density at radius 2 is 1.77 bits per heavy atom. The minimum absolute atomic E-state index is 0.145. The molecule has 0 aliphatic carbocycles. The number of halogens is 2. The van der Waals surface area contributed by atoms with E-state index < -0.39 is 6.61 Å². The molecule has 0 spiro atoms. The number of rotatable bonds is 9. The first-order valence-electron chi connectivity index (χ1n) is 7.77. The van der Waals surface area contributed by atoms with E-state index in [1.54, 1.807) is 12.1 Å². The van der Waals surface area contributed by atoms with E-state index in [4.69, 9.17) is 15.2 Å². The Bertz CT molecular complexity index is 445. The number of alkyl halides is 2. The fraction of sp³-hybridized carbons (Fsp3) is 0.647. The molecule has 0 bridgehead atoms. The lowest BCUT2D eigenvalue weighted by Gasteiger charge is -2.24. The molecule has 2 N–H and O–H groups in total. The zero-order valence-corrected chi connectivity index (χ0v) is 13.7. The van der Waals surface area contributed by atoms with Gasteiger partial charge in [-0.2, -0.15) is 8.78 Å². The van der Waals surface area contributed by atoms with Gasteiger partial charge in [0.2, 0.25) is 0 Å². The van der Waals surface area contributed by atoms with Gasteiger partial charge in [-0.25, -0.2) is 0 Å². The second kappa shape index (κ2) is 8.93. The molecule has 0 saturated carbocycles. The van der Waals surface area contributed by atoms with E-state index in [1.165, 1.54) is 0 Å². The van der Waals surface area contributed by atoms with Gasteiger partial charge in [0, 0.05) is 5.56 Å². The molecule has 0 saturated heterocycles. The highest BCUT2D eigenvalue weighted by Crippen LogP contribution is 2.39. The Morgan fingerprint density at radius 3 is 2.36 bits per heavy atom. The molecule has 0 atom stereocenters. The van der Waals surface area contributed by atoms with Crippen LogP contribution < -0.4 is 15.2 Å². The third-order valence-electron chi connectivity index (χ3n) is 3.35. The van der Waals surface area contributed by atoms with Crippen LogP contribution in [-0.2, 0) is 5.41 Å². The maximum Gasteiger partial charge on any atom is 0.387 e. The highest BCUT2D eigenvalue weighted by atomic mass is 19.3. The first kappa shape index (κ1) is 18.7. The van der Waals surface area contributed by atoms with E-state index in [2.05, 4.69) is 0 Å². The summed E-state index contributed by atoms with van der Waals surface area (Å²) in [7, 11) is 0. The summed E-state index contributed by atoms with van der Waals surface area (Å²) in [4.78, 5) is 0. The van der Waals surface area contributed by atoms with Crippen molar-refractivity contribution in [2.75, 3.05) is 13.2 Å². The maximum atomic E-state index is 12.7. The van der Waals surface area contributed by atoms with E-state index >= 15 is 0 Å². The Labute approximate surface area is 131 Å². The van der Waals surface area contributed by atoms with Crippen molar-refractivity contribution >= 4 is 0 Å². The molecule has 1 rings (SSSR count). The van der Waals surface area contributed by atoms with Crippen molar-refractivity contribution < 1.29 is 18.3 Å². The summed E-state index contributed by atoms with van der Waals surface area (Å²) >= 11 is 0. The van der Waals surface area contributed by atoms with Crippen molar-refractivity contribution in [1.29, 1.82) is 0 Å². The van der Waals surface area contributed by atoms with Crippen LogP contribution in [0.4, 0.5) is 8.78 Å². The second-order valence-corrected chi connectivity index (χ2v) is 6.31. The van der Waals surface area contributed by atoms with Crippen LogP contribution in [0.5, 0.6) is 11.5 Å². The van der Waals surface area contributed by atoms with Crippen LogP contribution in [0.1, 0.15) is 52.0 Å². The van der Waals surface area contributed by atoms with Gasteiger partial charge in [-0.15, -0.1) is 0 Å². The van der Waals surface area contributed by atoms with Crippen LogP contribution in [0, 0.1) is 0 Å². The van der Waals surface area contributed by atoms with Crippen LogP contribution in [0.3, 0.4) is 0 Å². The van der Waals surface area contributed by atoms with Gasteiger partial charge in [-0.1, -0.05) is 45.7 Å². The molecule has 22 heavy (non-hydrogen) atoms. The van der Waals surface area contributed by atoms with E-state index in [0.29, 0.717) is 24.5 Å².